The van der Waals surface area contributed by atoms with Crippen molar-refractivity contribution >= 4 is 17.5 Å². The van der Waals surface area contributed by atoms with E-state index in [2.05, 4.69) is 22.9 Å². The maximum absolute atomic E-state index is 12.4. The Morgan fingerprint density at radius 3 is 3.00 bits per heavy atom. The summed E-state index contributed by atoms with van der Waals surface area (Å²) in [6.07, 6.45) is 2.27. The van der Waals surface area contributed by atoms with Gasteiger partial charge in [-0.3, -0.25) is 9.59 Å². The Hall–Kier alpha value is -1.88. The Bertz CT molecular complexity index is 571. The normalized spacial score (nSPS) is 24.9. The van der Waals surface area contributed by atoms with Gasteiger partial charge in [0.25, 0.3) is 5.91 Å². The third kappa shape index (κ3) is 3.08. The van der Waals surface area contributed by atoms with Gasteiger partial charge in [-0.25, -0.2) is 0 Å². The average Bonchev–Trinajstić information content (AvgIpc) is 2.49. The Balaban J connectivity index is 1.71. The van der Waals surface area contributed by atoms with Crippen molar-refractivity contribution in [2.24, 2.45) is 5.92 Å². The molecule has 1 aromatic rings. The lowest BCUT2D eigenvalue weighted by molar-refractivity contribution is -0.116. The minimum absolute atomic E-state index is 0.0322. The standard InChI is InChI=1S/C16H21N3O2/c1-10-6-7-17-9-14(10)19-16(21)12-2-4-13-11(8-12)3-5-15(20)18-13/h2,4,8,10,14,17H,3,5-7,9H2,1H3,(H,18,20)(H,19,21). The Morgan fingerprint density at radius 1 is 1.33 bits per heavy atom. The van der Waals surface area contributed by atoms with E-state index in [-0.39, 0.29) is 17.9 Å². The molecule has 2 unspecified atom stereocenters. The van der Waals surface area contributed by atoms with Crippen LogP contribution < -0.4 is 16.0 Å². The molecule has 1 aromatic carbocycles. The lowest BCUT2D eigenvalue weighted by Gasteiger charge is -2.30. The summed E-state index contributed by atoms with van der Waals surface area (Å²) in [5, 5.41) is 9.26. The van der Waals surface area contributed by atoms with Gasteiger partial charge in [-0.1, -0.05) is 6.92 Å². The summed E-state index contributed by atoms with van der Waals surface area (Å²) in [5.74, 6) is 0.504. The molecule has 3 rings (SSSR count). The van der Waals surface area contributed by atoms with E-state index in [1.807, 2.05) is 12.1 Å². The van der Waals surface area contributed by atoms with Gasteiger partial charge in [0.15, 0.2) is 0 Å². The number of amides is 2. The fourth-order valence-electron chi connectivity index (χ4n) is 2.96. The van der Waals surface area contributed by atoms with Crippen molar-refractivity contribution in [3.63, 3.8) is 0 Å². The fraction of sp³-hybridized carbons (Fsp3) is 0.500. The smallest absolute Gasteiger partial charge is 0.251 e. The Kier molecular flexibility index (Phi) is 3.92. The maximum Gasteiger partial charge on any atom is 0.251 e. The summed E-state index contributed by atoms with van der Waals surface area (Å²) >= 11 is 0. The molecule has 5 nitrogen and oxygen atoms in total. The number of aryl methyl sites for hydroxylation is 1. The molecule has 21 heavy (non-hydrogen) atoms. The first-order valence-electron chi connectivity index (χ1n) is 7.58. The van der Waals surface area contributed by atoms with Crippen LogP contribution in [0.15, 0.2) is 18.2 Å². The van der Waals surface area contributed by atoms with E-state index in [0.717, 1.165) is 30.8 Å². The molecule has 5 heteroatoms. The number of carbonyl (C=O) groups is 2. The van der Waals surface area contributed by atoms with Gasteiger partial charge < -0.3 is 16.0 Å². The average molecular weight is 287 g/mol. The Morgan fingerprint density at radius 2 is 2.19 bits per heavy atom. The molecule has 2 atom stereocenters. The lowest BCUT2D eigenvalue weighted by Crippen LogP contribution is -2.50. The largest absolute Gasteiger partial charge is 0.348 e. The quantitative estimate of drug-likeness (QED) is 0.768. The summed E-state index contributed by atoms with van der Waals surface area (Å²) in [6.45, 7) is 4.02. The second kappa shape index (κ2) is 5.85. The molecule has 2 aliphatic rings. The molecule has 0 aliphatic carbocycles. The molecule has 0 aromatic heterocycles. The van der Waals surface area contributed by atoms with Gasteiger partial charge in [0.05, 0.1) is 0 Å². The highest BCUT2D eigenvalue weighted by Gasteiger charge is 2.23. The highest BCUT2D eigenvalue weighted by atomic mass is 16.2. The predicted octanol–water partition coefficient (Wildman–Crippen LogP) is 1.30. The van der Waals surface area contributed by atoms with Gasteiger partial charge in [0, 0.05) is 30.3 Å². The number of benzene rings is 1. The second-order valence-electron chi connectivity index (χ2n) is 5.97. The molecule has 1 fully saturated rings. The molecular formula is C16H21N3O2. The number of nitrogens with one attached hydrogen (secondary N) is 3. The molecular weight excluding hydrogens is 266 g/mol. The summed E-state index contributed by atoms with van der Waals surface area (Å²) in [5.41, 5.74) is 2.54. The number of hydrogen-bond donors (Lipinski definition) is 3. The molecule has 0 spiro atoms. The first-order valence-corrected chi connectivity index (χ1v) is 7.58. The monoisotopic (exact) mass is 287 g/mol. The van der Waals surface area contributed by atoms with Crippen LogP contribution in [-0.2, 0) is 11.2 Å². The second-order valence-corrected chi connectivity index (χ2v) is 5.97. The zero-order chi connectivity index (χ0) is 14.8. The van der Waals surface area contributed by atoms with E-state index in [1.165, 1.54) is 0 Å². The number of anilines is 1. The van der Waals surface area contributed by atoms with Crippen LogP contribution in [0.4, 0.5) is 5.69 Å². The summed E-state index contributed by atoms with van der Waals surface area (Å²) in [7, 11) is 0. The molecule has 0 bridgehead atoms. The van der Waals surface area contributed by atoms with Gasteiger partial charge >= 0.3 is 0 Å². The van der Waals surface area contributed by atoms with Crippen molar-refractivity contribution in [2.45, 2.75) is 32.2 Å². The van der Waals surface area contributed by atoms with Crippen LogP contribution in [0.2, 0.25) is 0 Å². The highest BCUT2D eigenvalue weighted by molar-refractivity contribution is 5.98. The van der Waals surface area contributed by atoms with E-state index in [0.29, 0.717) is 24.3 Å². The third-order valence-electron chi connectivity index (χ3n) is 4.41. The molecule has 2 amide bonds. The van der Waals surface area contributed by atoms with Crippen LogP contribution >= 0.6 is 0 Å². The van der Waals surface area contributed by atoms with Gasteiger partial charge in [0.1, 0.15) is 0 Å². The number of carbonyl (C=O) groups excluding carboxylic acids is 2. The molecule has 2 heterocycles. The van der Waals surface area contributed by atoms with Crippen LogP contribution in [0, 0.1) is 5.92 Å². The highest BCUT2D eigenvalue weighted by Crippen LogP contribution is 2.23. The van der Waals surface area contributed by atoms with Crippen molar-refractivity contribution in [1.82, 2.24) is 10.6 Å². The molecule has 112 valence electrons. The zero-order valence-corrected chi connectivity index (χ0v) is 12.2. The van der Waals surface area contributed by atoms with Crippen molar-refractivity contribution in [3.8, 4) is 0 Å². The van der Waals surface area contributed by atoms with Gasteiger partial charge in [-0.15, -0.1) is 0 Å². The van der Waals surface area contributed by atoms with Gasteiger partial charge in [-0.2, -0.15) is 0 Å². The Labute approximate surface area is 124 Å². The van der Waals surface area contributed by atoms with Crippen molar-refractivity contribution in [2.75, 3.05) is 18.4 Å². The van der Waals surface area contributed by atoms with Gasteiger partial charge in [-0.05, 0) is 49.1 Å². The maximum atomic E-state index is 12.4. The van der Waals surface area contributed by atoms with Gasteiger partial charge in [0.2, 0.25) is 5.91 Å². The topological polar surface area (TPSA) is 70.2 Å². The van der Waals surface area contributed by atoms with Crippen LogP contribution in [0.5, 0.6) is 0 Å². The summed E-state index contributed by atoms with van der Waals surface area (Å²) in [6, 6.07) is 5.68. The van der Waals surface area contributed by atoms with Crippen molar-refractivity contribution in [1.29, 1.82) is 0 Å². The van der Waals surface area contributed by atoms with Crippen LogP contribution in [0.3, 0.4) is 0 Å². The predicted molar refractivity (Wildman–Crippen MR) is 81.3 cm³/mol. The van der Waals surface area contributed by atoms with E-state index >= 15 is 0 Å². The van der Waals surface area contributed by atoms with Crippen LogP contribution in [-0.4, -0.2) is 30.9 Å². The third-order valence-corrected chi connectivity index (χ3v) is 4.41. The fourth-order valence-corrected chi connectivity index (χ4v) is 2.96. The first kappa shape index (κ1) is 14.1. The van der Waals surface area contributed by atoms with E-state index < -0.39 is 0 Å². The van der Waals surface area contributed by atoms with Crippen LogP contribution in [0.25, 0.3) is 0 Å². The molecule has 0 saturated carbocycles. The molecule has 3 N–H and O–H groups in total. The first-order chi connectivity index (χ1) is 10.1. The number of rotatable bonds is 2. The molecule has 2 aliphatic heterocycles. The SMILES string of the molecule is CC1CCNCC1NC(=O)c1ccc2c(c1)CCC(=O)N2. The minimum atomic E-state index is -0.0322. The van der Waals surface area contributed by atoms with E-state index in [9.17, 15) is 9.59 Å². The number of fused-ring (bicyclic) bond motifs is 1. The number of piperidine rings is 1. The lowest BCUT2D eigenvalue weighted by atomic mass is 9.94. The van der Waals surface area contributed by atoms with Crippen LogP contribution in [0.1, 0.15) is 35.7 Å². The summed E-state index contributed by atoms with van der Waals surface area (Å²) < 4.78 is 0. The minimum Gasteiger partial charge on any atom is -0.348 e. The van der Waals surface area contributed by atoms with Crippen molar-refractivity contribution < 1.29 is 9.59 Å². The summed E-state index contributed by atoms with van der Waals surface area (Å²) in [4.78, 5) is 23.7. The number of hydrogen-bond acceptors (Lipinski definition) is 3. The zero-order valence-electron chi connectivity index (χ0n) is 12.2. The molecule has 1 saturated heterocycles. The van der Waals surface area contributed by atoms with Crippen molar-refractivity contribution in [3.05, 3.63) is 29.3 Å². The van der Waals surface area contributed by atoms with E-state index in [4.69, 9.17) is 0 Å². The molecule has 0 radical (unpaired) electrons. The van der Waals surface area contributed by atoms with E-state index in [1.54, 1.807) is 6.07 Å².